The number of rotatable bonds is 5. The van der Waals surface area contributed by atoms with E-state index in [1.807, 2.05) is 36.4 Å². The molecule has 2 aromatic carbocycles. The number of benzene rings is 2. The predicted octanol–water partition coefficient (Wildman–Crippen LogP) is 1.26. The highest BCUT2D eigenvalue weighted by atomic mass is 16.5. The SMILES string of the molecule is COc1cccc(CNC(=O)C(=O)NC[C@]2(O)CCc3ccccc32)c1. The molecule has 0 heterocycles. The number of carbonyl (C=O) groups is 2. The Labute approximate surface area is 152 Å². The van der Waals surface area contributed by atoms with Gasteiger partial charge in [0.25, 0.3) is 0 Å². The first-order chi connectivity index (χ1) is 12.5. The van der Waals surface area contributed by atoms with Crippen molar-refractivity contribution >= 4 is 11.8 Å². The third-order valence-corrected chi connectivity index (χ3v) is 4.66. The monoisotopic (exact) mass is 354 g/mol. The van der Waals surface area contributed by atoms with Crippen molar-refractivity contribution in [3.05, 3.63) is 65.2 Å². The van der Waals surface area contributed by atoms with Crippen molar-refractivity contribution < 1.29 is 19.4 Å². The van der Waals surface area contributed by atoms with Gasteiger partial charge in [0.2, 0.25) is 0 Å². The minimum absolute atomic E-state index is 0.00935. The molecule has 0 saturated carbocycles. The van der Waals surface area contributed by atoms with Gasteiger partial charge in [-0.1, -0.05) is 36.4 Å². The normalized spacial score (nSPS) is 18.1. The summed E-state index contributed by atoms with van der Waals surface area (Å²) in [5, 5.41) is 15.9. The molecule has 1 aliphatic carbocycles. The first-order valence-electron chi connectivity index (χ1n) is 8.51. The van der Waals surface area contributed by atoms with Gasteiger partial charge in [0.15, 0.2) is 0 Å². The first kappa shape index (κ1) is 17.9. The van der Waals surface area contributed by atoms with Crippen LogP contribution in [-0.4, -0.2) is 30.6 Å². The molecule has 3 rings (SSSR count). The van der Waals surface area contributed by atoms with Gasteiger partial charge in [-0.2, -0.15) is 0 Å². The number of fused-ring (bicyclic) bond motifs is 1. The Morgan fingerprint density at radius 1 is 1.12 bits per heavy atom. The minimum Gasteiger partial charge on any atom is -0.497 e. The van der Waals surface area contributed by atoms with Gasteiger partial charge in [-0.15, -0.1) is 0 Å². The number of hydrogen-bond donors (Lipinski definition) is 3. The lowest BCUT2D eigenvalue weighted by Gasteiger charge is -2.24. The van der Waals surface area contributed by atoms with Gasteiger partial charge < -0.3 is 20.5 Å². The fourth-order valence-electron chi connectivity index (χ4n) is 3.20. The number of nitrogens with one attached hydrogen (secondary N) is 2. The molecule has 2 aromatic rings. The molecule has 0 bridgehead atoms. The van der Waals surface area contributed by atoms with Gasteiger partial charge >= 0.3 is 11.8 Å². The average molecular weight is 354 g/mol. The second kappa shape index (κ2) is 7.58. The summed E-state index contributed by atoms with van der Waals surface area (Å²) in [6.07, 6.45) is 1.28. The van der Waals surface area contributed by atoms with Crippen LogP contribution in [0.5, 0.6) is 5.75 Å². The third kappa shape index (κ3) is 3.86. The molecule has 136 valence electrons. The zero-order valence-corrected chi connectivity index (χ0v) is 14.6. The second-order valence-electron chi connectivity index (χ2n) is 6.41. The van der Waals surface area contributed by atoms with E-state index in [-0.39, 0.29) is 13.1 Å². The Morgan fingerprint density at radius 2 is 1.88 bits per heavy atom. The predicted molar refractivity (Wildman–Crippen MR) is 96.5 cm³/mol. The Bertz CT molecular complexity index is 821. The van der Waals surface area contributed by atoms with E-state index in [2.05, 4.69) is 10.6 Å². The number of aryl methyl sites for hydroxylation is 1. The molecule has 26 heavy (non-hydrogen) atoms. The molecule has 6 heteroatoms. The lowest BCUT2D eigenvalue weighted by atomic mass is 9.96. The molecule has 0 fully saturated rings. The summed E-state index contributed by atoms with van der Waals surface area (Å²) >= 11 is 0. The topological polar surface area (TPSA) is 87.7 Å². The van der Waals surface area contributed by atoms with Crippen LogP contribution in [-0.2, 0) is 28.2 Å². The van der Waals surface area contributed by atoms with Crippen LogP contribution in [0.3, 0.4) is 0 Å². The van der Waals surface area contributed by atoms with Crippen molar-refractivity contribution in [3.63, 3.8) is 0 Å². The lowest BCUT2D eigenvalue weighted by Crippen LogP contribution is -2.45. The van der Waals surface area contributed by atoms with E-state index in [9.17, 15) is 14.7 Å². The highest BCUT2D eigenvalue weighted by Gasteiger charge is 2.36. The highest BCUT2D eigenvalue weighted by Crippen LogP contribution is 2.36. The average Bonchev–Trinajstić information content (AvgIpc) is 3.02. The molecule has 0 aromatic heterocycles. The van der Waals surface area contributed by atoms with E-state index >= 15 is 0 Å². The van der Waals surface area contributed by atoms with Crippen molar-refractivity contribution in [2.24, 2.45) is 0 Å². The van der Waals surface area contributed by atoms with Gasteiger partial charge in [0.05, 0.1) is 13.7 Å². The summed E-state index contributed by atoms with van der Waals surface area (Å²) in [6.45, 7) is 0.228. The largest absolute Gasteiger partial charge is 0.497 e. The standard InChI is InChI=1S/C20H22N2O4/c1-26-16-7-4-5-14(11-16)12-21-18(23)19(24)22-13-20(25)10-9-15-6-2-3-8-17(15)20/h2-8,11,25H,9-10,12-13H2,1H3,(H,21,23)(H,22,24)/t20-/m1/s1. The van der Waals surface area contributed by atoms with Crippen LogP contribution in [0, 0.1) is 0 Å². The molecular weight excluding hydrogens is 332 g/mol. The van der Waals surface area contributed by atoms with Gasteiger partial charge in [0, 0.05) is 6.54 Å². The van der Waals surface area contributed by atoms with Crippen molar-refractivity contribution in [2.45, 2.75) is 25.0 Å². The van der Waals surface area contributed by atoms with Gasteiger partial charge in [0.1, 0.15) is 11.4 Å². The van der Waals surface area contributed by atoms with Crippen LogP contribution in [0.15, 0.2) is 48.5 Å². The smallest absolute Gasteiger partial charge is 0.309 e. The number of aliphatic hydroxyl groups is 1. The Hall–Kier alpha value is -2.86. The van der Waals surface area contributed by atoms with Gasteiger partial charge in [-0.25, -0.2) is 0 Å². The molecule has 0 aliphatic heterocycles. The Morgan fingerprint density at radius 3 is 2.69 bits per heavy atom. The summed E-state index contributed by atoms with van der Waals surface area (Å²) in [4.78, 5) is 24.0. The summed E-state index contributed by atoms with van der Waals surface area (Å²) < 4.78 is 5.12. The molecule has 6 nitrogen and oxygen atoms in total. The molecule has 0 spiro atoms. The molecule has 3 N–H and O–H groups in total. The maximum atomic E-state index is 12.0. The molecule has 0 unspecified atom stereocenters. The molecular formula is C20H22N2O4. The van der Waals surface area contributed by atoms with Crippen molar-refractivity contribution in [1.82, 2.24) is 10.6 Å². The Balaban J connectivity index is 1.53. The number of hydrogen-bond acceptors (Lipinski definition) is 4. The van der Waals surface area contributed by atoms with Gasteiger partial charge in [-0.05, 0) is 41.7 Å². The van der Waals surface area contributed by atoms with Crippen LogP contribution >= 0.6 is 0 Å². The first-order valence-corrected chi connectivity index (χ1v) is 8.51. The van der Waals surface area contributed by atoms with E-state index in [0.717, 1.165) is 23.1 Å². The highest BCUT2D eigenvalue weighted by molar-refractivity contribution is 6.35. The van der Waals surface area contributed by atoms with E-state index in [1.54, 1.807) is 19.2 Å². The van der Waals surface area contributed by atoms with Crippen LogP contribution in [0.25, 0.3) is 0 Å². The Kier molecular flexibility index (Phi) is 5.23. The zero-order chi connectivity index (χ0) is 18.6. The number of methoxy groups -OCH3 is 1. The molecule has 2 amide bonds. The van der Waals surface area contributed by atoms with Crippen LogP contribution in [0.2, 0.25) is 0 Å². The zero-order valence-electron chi connectivity index (χ0n) is 14.6. The summed E-state index contributed by atoms with van der Waals surface area (Å²) in [6, 6.07) is 14.8. The quantitative estimate of drug-likeness (QED) is 0.706. The van der Waals surface area contributed by atoms with Crippen LogP contribution in [0.4, 0.5) is 0 Å². The third-order valence-electron chi connectivity index (χ3n) is 4.66. The van der Waals surface area contributed by atoms with Crippen molar-refractivity contribution in [2.75, 3.05) is 13.7 Å². The molecule has 0 saturated heterocycles. The van der Waals surface area contributed by atoms with E-state index in [1.165, 1.54) is 0 Å². The maximum absolute atomic E-state index is 12.0. The van der Waals surface area contributed by atoms with Gasteiger partial charge in [-0.3, -0.25) is 9.59 Å². The van der Waals surface area contributed by atoms with Crippen LogP contribution < -0.4 is 15.4 Å². The van der Waals surface area contributed by atoms with E-state index in [0.29, 0.717) is 12.2 Å². The molecule has 1 aliphatic rings. The second-order valence-corrected chi connectivity index (χ2v) is 6.41. The lowest BCUT2D eigenvalue weighted by molar-refractivity contribution is -0.140. The number of ether oxygens (including phenoxy) is 1. The summed E-state index contributed by atoms with van der Waals surface area (Å²) in [5.74, 6) is -0.809. The molecule has 0 radical (unpaired) electrons. The number of amides is 2. The van der Waals surface area contributed by atoms with Crippen LogP contribution in [0.1, 0.15) is 23.1 Å². The fourth-order valence-corrected chi connectivity index (χ4v) is 3.20. The maximum Gasteiger partial charge on any atom is 0.309 e. The summed E-state index contributed by atoms with van der Waals surface area (Å²) in [5.41, 5.74) is 1.59. The summed E-state index contributed by atoms with van der Waals surface area (Å²) in [7, 11) is 1.57. The number of carbonyl (C=O) groups excluding carboxylic acids is 2. The molecule has 1 atom stereocenters. The fraction of sp³-hybridized carbons (Fsp3) is 0.300. The van der Waals surface area contributed by atoms with Crippen molar-refractivity contribution in [1.29, 1.82) is 0 Å². The minimum atomic E-state index is -1.13. The van der Waals surface area contributed by atoms with Crippen molar-refractivity contribution in [3.8, 4) is 5.75 Å². The van der Waals surface area contributed by atoms with E-state index in [4.69, 9.17) is 4.74 Å². The van der Waals surface area contributed by atoms with E-state index < -0.39 is 17.4 Å².